The van der Waals surface area contributed by atoms with Gasteiger partial charge >= 0.3 is 6.18 Å². The van der Waals surface area contributed by atoms with Crippen LogP contribution in [0.3, 0.4) is 0 Å². The van der Waals surface area contributed by atoms with Crippen LogP contribution < -0.4 is 10.1 Å². The molecule has 0 saturated carbocycles. The van der Waals surface area contributed by atoms with Crippen molar-refractivity contribution in [2.75, 3.05) is 6.54 Å². The molecule has 0 spiro atoms. The summed E-state index contributed by atoms with van der Waals surface area (Å²) in [5.41, 5.74) is -2.76. The molecule has 2 aromatic carbocycles. The number of nitrogens with zero attached hydrogens (tertiary/aromatic N) is 2. The molecule has 36 heavy (non-hydrogen) atoms. The highest BCUT2D eigenvalue weighted by atomic mass is 19.4. The molecule has 10 heteroatoms. The molecular weight excluding hydrogens is 475 g/mol. The third-order valence-corrected chi connectivity index (χ3v) is 5.47. The minimum Gasteiger partial charge on any atom is -0.508 e. The molecule has 0 fully saturated rings. The lowest BCUT2D eigenvalue weighted by molar-refractivity contribution is -0.138. The molecule has 3 rings (SSSR count). The van der Waals surface area contributed by atoms with Crippen molar-refractivity contribution in [3.8, 4) is 17.7 Å². The van der Waals surface area contributed by atoms with Gasteiger partial charge in [-0.05, 0) is 55.3 Å². The molecule has 0 aliphatic heterocycles. The number of nitriles is 1. The van der Waals surface area contributed by atoms with E-state index in [1.165, 1.54) is 32.0 Å². The number of hydrogen-bond donors (Lipinski definition) is 3. The molecule has 1 amide bonds. The average molecular weight is 499 g/mol. The maximum absolute atomic E-state index is 13.0. The van der Waals surface area contributed by atoms with Crippen molar-refractivity contribution in [1.82, 2.24) is 10.3 Å². The van der Waals surface area contributed by atoms with Gasteiger partial charge in [-0.25, -0.2) is 4.98 Å². The standard InChI is InChI=1S/C26H24F3N3O4/c1-24(2,36-22-11-8-20(15-31-22)26(27,28)29)23(34)32-16-25(35,13-17-6-9-21(33)10-7-17)19-5-3-4-18(12-19)14-30/h3-12,15,33,35H,13,16H2,1-2H3,(H,32,34). The molecule has 188 valence electrons. The van der Waals surface area contributed by atoms with E-state index in [1.807, 2.05) is 6.07 Å². The fourth-order valence-corrected chi connectivity index (χ4v) is 3.45. The zero-order chi connectivity index (χ0) is 26.6. The van der Waals surface area contributed by atoms with Crippen molar-refractivity contribution in [2.24, 2.45) is 0 Å². The van der Waals surface area contributed by atoms with Crippen LogP contribution in [-0.2, 0) is 23.0 Å². The van der Waals surface area contributed by atoms with Crippen LogP contribution in [0.4, 0.5) is 13.2 Å². The zero-order valence-electron chi connectivity index (χ0n) is 19.5. The van der Waals surface area contributed by atoms with Gasteiger partial charge in [-0.15, -0.1) is 0 Å². The number of pyridine rings is 1. The Kier molecular flexibility index (Phi) is 7.55. The predicted molar refractivity (Wildman–Crippen MR) is 124 cm³/mol. The van der Waals surface area contributed by atoms with Crippen LogP contribution in [0.2, 0.25) is 0 Å². The number of hydrogen-bond acceptors (Lipinski definition) is 6. The predicted octanol–water partition coefficient (Wildman–Crippen LogP) is 4.08. The molecule has 3 aromatic rings. The number of amides is 1. The molecule has 0 saturated heterocycles. The fraction of sp³-hybridized carbons (Fsp3) is 0.269. The van der Waals surface area contributed by atoms with Crippen LogP contribution in [-0.4, -0.2) is 33.3 Å². The zero-order valence-corrected chi connectivity index (χ0v) is 19.5. The van der Waals surface area contributed by atoms with E-state index in [4.69, 9.17) is 4.74 Å². The van der Waals surface area contributed by atoms with E-state index in [2.05, 4.69) is 10.3 Å². The molecule has 0 aliphatic carbocycles. The first-order valence-electron chi connectivity index (χ1n) is 10.8. The van der Waals surface area contributed by atoms with Crippen molar-refractivity contribution in [3.05, 3.63) is 89.1 Å². The molecule has 3 N–H and O–H groups in total. The Morgan fingerprint density at radius 3 is 2.36 bits per heavy atom. The maximum atomic E-state index is 13.0. The first kappa shape index (κ1) is 26.5. The van der Waals surface area contributed by atoms with Crippen LogP contribution in [0.1, 0.15) is 36.1 Å². The summed E-state index contributed by atoms with van der Waals surface area (Å²) in [6.07, 6.45) is -3.89. The monoisotopic (exact) mass is 499 g/mol. The Morgan fingerprint density at radius 2 is 1.78 bits per heavy atom. The summed E-state index contributed by atoms with van der Waals surface area (Å²) in [7, 11) is 0. The van der Waals surface area contributed by atoms with Crippen molar-refractivity contribution in [3.63, 3.8) is 0 Å². The van der Waals surface area contributed by atoms with Gasteiger partial charge < -0.3 is 20.3 Å². The number of aromatic nitrogens is 1. The molecule has 0 aliphatic rings. The van der Waals surface area contributed by atoms with E-state index in [1.54, 1.807) is 30.3 Å². The van der Waals surface area contributed by atoms with E-state index < -0.39 is 28.8 Å². The molecule has 1 heterocycles. The molecule has 0 radical (unpaired) electrons. The Balaban J connectivity index is 1.79. The van der Waals surface area contributed by atoms with E-state index >= 15 is 0 Å². The highest BCUT2D eigenvalue weighted by molar-refractivity contribution is 5.84. The van der Waals surface area contributed by atoms with Crippen molar-refractivity contribution < 1.29 is 32.9 Å². The van der Waals surface area contributed by atoms with Crippen LogP contribution >= 0.6 is 0 Å². The Bertz CT molecular complexity index is 1250. The quantitative estimate of drug-likeness (QED) is 0.430. The molecule has 7 nitrogen and oxygen atoms in total. The van der Waals surface area contributed by atoms with E-state index in [0.29, 0.717) is 22.9 Å². The number of alkyl halides is 3. The summed E-state index contributed by atoms with van der Waals surface area (Å²) in [6.45, 7) is 2.56. The normalized spacial score (nSPS) is 13.4. The topological polar surface area (TPSA) is 115 Å². The number of phenols is 1. The largest absolute Gasteiger partial charge is 0.508 e. The summed E-state index contributed by atoms with van der Waals surface area (Å²) in [6, 6.07) is 16.3. The molecule has 0 bridgehead atoms. The Labute approximate surface area is 205 Å². The minimum atomic E-state index is -4.55. The smallest absolute Gasteiger partial charge is 0.417 e. The first-order chi connectivity index (χ1) is 16.8. The SMILES string of the molecule is CC(C)(Oc1ccc(C(F)(F)F)cn1)C(=O)NCC(O)(Cc1ccc(O)cc1)c1cccc(C#N)c1. The second kappa shape index (κ2) is 10.3. The first-order valence-corrected chi connectivity index (χ1v) is 10.8. The summed E-state index contributed by atoms with van der Waals surface area (Å²) in [5, 5.41) is 33.0. The van der Waals surface area contributed by atoms with Gasteiger partial charge in [0.05, 0.1) is 23.7 Å². The number of rotatable bonds is 8. The van der Waals surface area contributed by atoms with Gasteiger partial charge in [-0.3, -0.25) is 4.79 Å². The number of carbonyl (C=O) groups excluding carboxylic acids is 1. The number of aliphatic hydroxyl groups is 1. The molecular formula is C26H24F3N3O4. The van der Waals surface area contributed by atoms with Crippen LogP contribution in [0.25, 0.3) is 0 Å². The van der Waals surface area contributed by atoms with Crippen molar-refractivity contribution in [2.45, 2.75) is 37.6 Å². The summed E-state index contributed by atoms with van der Waals surface area (Å²) < 4.78 is 43.8. The number of nitrogens with one attached hydrogen (secondary N) is 1. The van der Waals surface area contributed by atoms with Gasteiger partial charge in [0.15, 0.2) is 5.60 Å². The van der Waals surface area contributed by atoms with E-state index in [9.17, 15) is 33.4 Å². The third-order valence-electron chi connectivity index (χ3n) is 5.47. The lowest BCUT2D eigenvalue weighted by atomic mass is 9.86. The second-order valence-corrected chi connectivity index (χ2v) is 8.75. The summed E-state index contributed by atoms with van der Waals surface area (Å²) >= 11 is 0. The van der Waals surface area contributed by atoms with E-state index in [0.717, 1.165) is 12.1 Å². The van der Waals surface area contributed by atoms with Gasteiger partial charge in [0.2, 0.25) is 5.88 Å². The maximum Gasteiger partial charge on any atom is 0.417 e. The number of benzene rings is 2. The Hall–Kier alpha value is -4.10. The van der Waals surface area contributed by atoms with Gasteiger partial charge in [-0.1, -0.05) is 24.3 Å². The van der Waals surface area contributed by atoms with Crippen LogP contribution in [0, 0.1) is 11.3 Å². The third kappa shape index (κ3) is 6.52. The average Bonchev–Trinajstić information content (AvgIpc) is 2.83. The lowest BCUT2D eigenvalue weighted by Gasteiger charge is -2.32. The fourth-order valence-electron chi connectivity index (χ4n) is 3.45. The number of ether oxygens (including phenoxy) is 1. The number of aromatic hydroxyl groups is 1. The summed E-state index contributed by atoms with van der Waals surface area (Å²) in [4.78, 5) is 16.6. The number of carbonyl (C=O) groups is 1. The molecule has 1 aromatic heterocycles. The van der Waals surface area contributed by atoms with Gasteiger partial charge in [-0.2, -0.15) is 18.4 Å². The van der Waals surface area contributed by atoms with Crippen molar-refractivity contribution in [1.29, 1.82) is 5.26 Å². The van der Waals surface area contributed by atoms with Crippen LogP contribution in [0.5, 0.6) is 11.6 Å². The Morgan fingerprint density at radius 1 is 1.08 bits per heavy atom. The van der Waals surface area contributed by atoms with Crippen LogP contribution in [0.15, 0.2) is 66.9 Å². The van der Waals surface area contributed by atoms with Gasteiger partial charge in [0, 0.05) is 18.7 Å². The number of halogens is 3. The minimum absolute atomic E-state index is 0.0458. The lowest BCUT2D eigenvalue weighted by Crippen LogP contribution is -2.51. The molecule has 1 atom stereocenters. The summed E-state index contributed by atoms with van der Waals surface area (Å²) in [5.74, 6) is -0.771. The second-order valence-electron chi connectivity index (χ2n) is 8.75. The van der Waals surface area contributed by atoms with Gasteiger partial charge in [0.25, 0.3) is 5.91 Å². The van der Waals surface area contributed by atoms with Crippen molar-refractivity contribution >= 4 is 5.91 Å². The number of phenolic OH excluding ortho intramolecular Hbond substituents is 1. The highest BCUT2D eigenvalue weighted by Crippen LogP contribution is 2.30. The van der Waals surface area contributed by atoms with E-state index in [-0.39, 0.29) is 24.6 Å². The molecule has 1 unspecified atom stereocenters. The van der Waals surface area contributed by atoms with Gasteiger partial charge in [0.1, 0.15) is 11.4 Å². The highest BCUT2D eigenvalue weighted by Gasteiger charge is 2.36.